The number of nitrogens with two attached hydrogens (primary N) is 3. The van der Waals surface area contributed by atoms with Gasteiger partial charge in [-0.25, -0.2) is 0 Å². The molecule has 0 spiro atoms. The molecule has 3 aromatic rings. The summed E-state index contributed by atoms with van der Waals surface area (Å²) in [6.45, 7) is 11.1. The van der Waals surface area contributed by atoms with Crippen LogP contribution in [0.25, 0.3) is 10.9 Å². The summed E-state index contributed by atoms with van der Waals surface area (Å²) in [4.78, 5) is 4.34. The fourth-order valence-electron chi connectivity index (χ4n) is 4.15. The minimum atomic E-state index is -0.892. The Kier molecular flexibility index (Phi) is 7.80. The van der Waals surface area contributed by atoms with Gasteiger partial charge in [0.25, 0.3) is 0 Å². The highest BCUT2D eigenvalue weighted by Crippen LogP contribution is 2.36. The van der Waals surface area contributed by atoms with E-state index in [0.29, 0.717) is 25.3 Å². The van der Waals surface area contributed by atoms with Gasteiger partial charge in [0, 0.05) is 34.9 Å². The van der Waals surface area contributed by atoms with E-state index in [-0.39, 0.29) is 11.2 Å². The molecule has 0 amide bonds. The highest BCUT2D eigenvalue weighted by atomic mass is 16.5. The van der Waals surface area contributed by atoms with Gasteiger partial charge in [-0.05, 0) is 73.7 Å². The zero-order valence-electron chi connectivity index (χ0n) is 21.5. The van der Waals surface area contributed by atoms with E-state index >= 15 is 0 Å². The van der Waals surface area contributed by atoms with Gasteiger partial charge in [0.1, 0.15) is 12.4 Å². The monoisotopic (exact) mass is 477 g/mol. The Hall–Kier alpha value is -3.45. The Bertz CT molecular complexity index is 1210. The molecule has 1 aromatic carbocycles. The average molecular weight is 478 g/mol. The van der Waals surface area contributed by atoms with Gasteiger partial charge < -0.3 is 31.6 Å². The normalized spacial score (nSPS) is 12.7. The number of pyridine rings is 1. The van der Waals surface area contributed by atoms with Crippen molar-refractivity contribution < 1.29 is 9.84 Å². The molecule has 7 heteroatoms. The lowest BCUT2D eigenvalue weighted by atomic mass is 9.85. The third-order valence-corrected chi connectivity index (χ3v) is 5.51. The zero-order chi connectivity index (χ0) is 25.8. The van der Waals surface area contributed by atoms with Crippen molar-refractivity contribution in [3.05, 3.63) is 83.2 Å². The molecule has 0 bridgehead atoms. The van der Waals surface area contributed by atoms with Crippen LogP contribution in [0.3, 0.4) is 0 Å². The number of hydrogen-bond donors (Lipinski definition) is 4. The van der Waals surface area contributed by atoms with E-state index in [1.165, 1.54) is 5.56 Å². The molecule has 7 nitrogen and oxygen atoms in total. The summed E-state index contributed by atoms with van der Waals surface area (Å²) >= 11 is 0. The maximum absolute atomic E-state index is 10.8. The van der Waals surface area contributed by atoms with Crippen LogP contribution in [0.4, 0.5) is 0 Å². The molecule has 3 rings (SSSR count). The van der Waals surface area contributed by atoms with Crippen molar-refractivity contribution in [1.82, 2.24) is 9.55 Å². The summed E-state index contributed by atoms with van der Waals surface area (Å²) in [7, 11) is 0. The molecule has 35 heavy (non-hydrogen) atoms. The lowest BCUT2D eigenvalue weighted by Gasteiger charge is -2.24. The Morgan fingerprint density at radius 2 is 1.77 bits per heavy atom. The van der Waals surface area contributed by atoms with Crippen molar-refractivity contribution >= 4 is 10.9 Å². The summed E-state index contributed by atoms with van der Waals surface area (Å²) in [6.07, 6.45) is 6.40. The molecule has 0 fully saturated rings. The summed E-state index contributed by atoms with van der Waals surface area (Å²) < 4.78 is 8.27. The number of allylic oxidation sites excluding steroid dienone is 3. The quantitative estimate of drug-likeness (QED) is 0.344. The first-order valence-corrected chi connectivity index (χ1v) is 11.9. The number of hydrogen-bond acceptors (Lipinski definition) is 6. The van der Waals surface area contributed by atoms with Crippen molar-refractivity contribution in [3.8, 4) is 5.75 Å². The van der Waals surface area contributed by atoms with Gasteiger partial charge in [-0.3, -0.25) is 4.98 Å². The van der Waals surface area contributed by atoms with E-state index in [2.05, 4.69) is 42.5 Å². The van der Waals surface area contributed by atoms with Crippen molar-refractivity contribution in [2.45, 2.75) is 66.2 Å². The molecule has 2 heterocycles. The van der Waals surface area contributed by atoms with Gasteiger partial charge >= 0.3 is 0 Å². The summed E-state index contributed by atoms with van der Waals surface area (Å²) in [5, 5.41) is 11.9. The third-order valence-electron chi connectivity index (χ3n) is 5.51. The highest BCUT2D eigenvalue weighted by Gasteiger charge is 2.26. The molecule has 0 unspecified atom stereocenters. The first-order chi connectivity index (χ1) is 16.3. The second-order valence-corrected chi connectivity index (χ2v) is 10.9. The largest absolute Gasteiger partial charge is 0.487 e. The minimum Gasteiger partial charge on any atom is -0.487 e. The van der Waals surface area contributed by atoms with Gasteiger partial charge in [-0.15, -0.1) is 0 Å². The van der Waals surface area contributed by atoms with Crippen molar-refractivity contribution in [3.63, 3.8) is 0 Å². The van der Waals surface area contributed by atoms with Crippen LogP contribution in [0.2, 0.25) is 0 Å². The number of nitrogens with zero attached hydrogens (tertiary/aromatic N) is 2. The van der Waals surface area contributed by atoms with E-state index in [1.807, 2.05) is 38.1 Å². The lowest BCUT2D eigenvalue weighted by molar-refractivity contribution is 0.0788. The molecular formula is C28H39N5O2. The summed E-state index contributed by atoms with van der Waals surface area (Å²) in [5.41, 5.74) is 21.4. The topological polar surface area (TPSA) is 125 Å². The van der Waals surface area contributed by atoms with Gasteiger partial charge in [-0.2, -0.15) is 0 Å². The molecule has 2 aromatic heterocycles. The molecule has 0 aliphatic rings. The van der Waals surface area contributed by atoms with Gasteiger partial charge in [-0.1, -0.05) is 26.8 Å². The number of ether oxygens (including phenoxy) is 1. The number of aliphatic hydroxyl groups is 1. The van der Waals surface area contributed by atoms with Crippen molar-refractivity contribution in [2.24, 2.45) is 22.6 Å². The third kappa shape index (κ3) is 7.52. The van der Waals surface area contributed by atoms with Crippen LogP contribution in [0, 0.1) is 5.41 Å². The SMILES string of the molecule is CC(C)(C)Cc1c(CC(C)(C)O)n(C/C(N)=C/C=C(N)N)c2ccc(OCc3ccccn3)cc12. The number of fused-ring (bicyclic) bond motifs is 1. The predicted molar refractivity (Wildman–Crippen MR) is 142 cm³/mol. The fraction of sp³-hybridized carbons (Fsp3) is 0.393. The van der Waals surface area contributed by atoms with Crippen molar-refractivity contribution in [1.29, 1.82) is 0 Å². The van der Waals surface area contributed by atoms with E-state index < -0.39 is 5.60 Å². The molecular weight excluding hydrogens is 438 g/mol. The standard InChI is InChI=1S/C28H39N5O2/c1-27(2,3)15-23-22-14-21(35-18-20-8-6-7-13-32-20)10-11-24(22)33(25(23)16-28(4,5)34)17-19(29)9-12-26(30)31/h6-14,34H,15-18,29-31H2,1-5H3/b19-9-. The minimum absolute atomic E-state index is 0.0381. The molecule has 0 radical (unpaired) electrons. The van der Waals surface area contributed by atoms with E-state index in [1.54, 1.807) is 18.3 Å². The maximum Gasteiger partial charge on any atom is 0.130 e. The molecule has 7 N–H and O–H groups in total. The maximum atomic E-state index is 10.8. The number of aromatic nitrogens is 2. The van der Waals surface area contributed by atoms with Crippen LogP contribution >= 0.6 is 0 Å². The highest BCUT2D eigenvalue weighted by molar-refractivity contribution is 5.87. The van der Waals surface area contributed by atoms with E-state index in [0.717, 1.165) is 34.5 Å². The fourth-order valence-corrected chi connectivity index (χ4v) is 4.15. The Labute approximate surface area is 208 Å². The Morgan fingerprint density at radius 1 is 1.03 bits per heavy atom. The van der Waals surface area contributed by atoms with Gasteiger partial charge in [0.05, 0.1) is 23.7 Å². The molecule has 0 aliphatic heterocycles. The predicted octanol–water partition coefficient (Wildman–Crippen LogP) is 4.12. The van der Waals surface area contributed by atoms with Gasteiger partial charge in [0.15, 0.2) is 0 Å². The van der Waals surface area contributed by atoms with E-state index in [9.17, 15) is 5.11 Å². The summed E-state index contributed by atoms with van der Waals surface area (Å²) in [6, 6.07) is 11.9. The number of rotatable bonds is 9. The number of benzene rings is 1. The van der Waals surface area contributed by atoms with Crippen LogP contribution < -0.4 is 21.9 Å². The van der Waals surface area contributed by atoms with Crippen LogP contribution in [0.5, 0.6) is 5.75 Å². The Morgan fingerprint density at radius 3 is 2.37 bits per heavy atom. The smallest absolute Gasteiger partial charge is 0.130 e. The first-order valence-electron chi connectivity index (χ1n) is 11.9. The lowest BCUT2D eigenvalue weighted by Crippen LogP contribution is -2.26. The molecule has 188 valence electrons. The molecule has 0 saturated carbocycles. The van der Waals surface area contributed by atoms with Gasteiger partial charge in [0.2, 0.25) is 0 Å². The molecule has 0 atom stereocenters. The van der Waals surface area contributed by atoms with Crippen LogP contribution in [-0.2, 0) is 26.0 Å². The zero-order valence-corrected chi connectivity index (χ0v) is 21.5. The van der Waals surface area contributed by atoms with Crippen LogP contribution in [0.15, 0.2) is 66.3 Å². The second kappa shape index (κ2) is 10.4. The molecule has 0 saturated heterocycles. The summed E-state index contributed by atoms with van der Waals surface area (Å²) in [5.74, 6) is 0.970. The van der Waals surface area contributed by atoms with Crippen LogP contribution in [-0.4, -0.2) is 20.3 Å². The van der Waals surface area contributed by atoms with Crippen LogP contribution in [0.1, 0.15) is 51.6 Å². The van der Waals surface area contributed by atoms with Crippen molar-refractivity contribution in [2.75, 3.05) is 0 Å². The molecule has 0 aliphatic carbocycles. The second-order valence-electron chi connectivity index (χ2n) is 10.9. The first kappa shape index (κ1) is 26.2. The average Bonchev–Trinajstić information content (AvgIpc) is 3.01. The van der Waals surface area contributed by atoms with E-state index in [4.69, 9.17) is 21.9 Å². The Balaban J connectivity index is 2.13.